The maximum Gasteiger partial charge on any atom is 0.00622 e. The molecule has 2 fully saturated rings. The molecule has 0 aromatic heterocycles. The Hall–Kier alpha value is -1.82. The molecule has 4 atom stereocenters. The Kier molecular flexibility index (Phi) is 9.70. The molecule has 0 heterocycles. The monoisotopic (exact) mass is 486 g/mol. The lowest BCUT2D eigenvalue weighted by Crippen LogP contribution is -2.40. The van der Waals surface area contributed by atoms with Gasteiger partial charge in [0.25, 0.3) is 0 Å². The van der Waals surface area contributed by atoms with Gasteiger partial charge in [-0.1, -0.05) is 115 Å². The lowest BCUT2D eigenvalue weighted by Gasteiger charge is -2.51. The van der Waals surface area contributed by atoms with Crippen LogP contribution in [-0.4, -0.2) is 0 Å². The Labute approximate surface area is 224 Å². The zero-order valence-electron chi connectivity index (χ0n) is 24.8. The lowest BCUT2D eigenvalue weighted by atomic mass is 9.53. The molecule has 2 saturated carbocycles. The summed E-state index contributed by atoms with van der Waals surface area (Å²) in [4.78, 5) is 0. The smallest absolute Gasteiger partial charge is 0.00622 e. The van der Waals surface area contributed by atoms with Gasteiger partial charge in [-0.25, -0.2) is 0 Å². The molecule has 0 aliphatic heterocycles. The number of fused-ring (bicyclic) bond motifs is 4. The van der Waals surface area contributed by atoms with Crippen molar-refractivity contribution in [3.63, 3.8) is 0 Å². The van der Waals surface area contributed by atoms with Crippen LogP contribution in [0.25, 0.3) is 0 Å². The average molecular weight is 487 g/mol. The molecule has 4 aliphatic carbocycles. The van der Waals surface area contributed by atoms with Gasteiger partial charge in [0.05, 0.1) is 0 Å². The van der Waals surface area contributed by atoms with E-state index in [9.17, 15) is 0 Å². The highest BCUT2D eigenvalue weighted by Gasteiger charge is 2.52. The molecule has 0 heteroatoms. The van der Waals surface area contributed by atoms with Crippen molar-refractivity contribution >= 4 is 0 Å². The van der Waals surface area contributed by atoms with E-state index in [-0.39, 0.29) is 0 Å². The minimum absolute atomic E-state index is 0.551. The van der Waals surface area contributed by atoms with Gasteiger partial charge in [0.2, 0.25) is 0 Å². The SMILES string of the molecule is C=C(C)C(C)C.C=C1C=C2CCC3C(=C2CC1)C(c1ccc(C(C)C)cc1)CC1(C)CCCC31.CC. The first-order valence-corrected chi connectivity index (χ1v) is 15.0. The van der Waals surface area contributed by atoms with Crippen molar-refractivity contribution in [1.29, 1.82) is 0 Å². The highest BCUT2D eigenvalue weighted by Crippen LogP contribution is 2.63. The summed E-state index contributed by atoms with van der Waals surface area (Å²) in [6.07, 6.45) is 13.2. The number of rotatable bonds is 3. The van der Waals surface area contributed by atoms with Crippen molar-refractivity contribution in [3.8, 4) is 0 Å². The molecule has 1 aromatic rings. The number of hydrogen-bond acceptors (Lipinski definition) is 0. The van der Waals surface area contributed by atoms with Crippen molar-refractivity contribution in [2.45, 2.75) is 119 Å². The van der Waals surface area contributed by atoms with E-state index in [0.29, 0.717) is 23.2 Å². The van der Waals surface area contributed by atoms with E-state index in [1.165, 1.54) is 61.7 Å². The van der Waals surface area contributed by atoms with Crippen LogP contribution in [0.2, 0.25) is 0 Å². The molecular weight excluding hydrogens is 432 g/mol. The van der Waals surface area contributed by atoms with E-state index in [0.717, 1.165) is 18.3 Å². The Balaban J connectivity index is 0.000000399. The minimum Gasteiger partial charge on any atom is -0.0999 e. The highest BCUT2D eigenvalue weighted by molar-refractivity contribution is 5.51. The summed E-state index contributed by atoms with van der Waals surface area (Å²) in [7, 11) is 0. The predicted molar refractivity (Wildman–Crippen MR) is 161 cm³/mol. The maximum absolute atomic E-state index is 4.28. The molecule has 0 N–H and O–H groups in total. The molecule has 0 bridgehead atoms. The molecule has 36 heavy (non-hydrogen) atoms. The topological polar surface area (TPSA) is 0 Å². The Morgan fingerprint density at radius 1 is 0.972 bits per heavy atom. The number of benzene rings is 1. The quantitative estimate of drug-likeness (QED) is 0.373. The Morgan fingerprint density at radius 3 is 2.19 bits per heavy atom. The van der Waals surface area contributed by atoms with Gasteiger partial charge in [-0.05, 0) is 103 Å². The first kappa shape index (κ1) is 28.7. The third-order valence-corrected chi connectivity index (χ3v) is 9.62. The summed E-state index contributed by atoms with van der Waals surface area (Å²) >= 11 is 0. The summed E-state index contributed by atoms with van der Waals surface area (Å²) in [5, 5.41) is 0. The molecule has 0 amide bonds. The number of allylic oxidation sites excluding steroid dienone is 6. The first-order chi connectivity index (χ1) is 17.1. The van der Waals surface area contributed by atoms with Crippen molar-refractivity contribution in [1.82, 2.24) is 0 Å². The molecule has 198 valence electrons. The van der Waals surface area contributed by atoms with E-state index >= 15 is 0 Å². The van der Waals surface area contributed by atoms with Crippen LogP contribution >= 0.6 is 0 Å². The van der Waals surface area contributed by atoms with Crippen LogP contribution in [0.4, 0.5) is 0 Å². The van der Waals surface area contributed by atoms with Crippen LogP contribution < -0.4 is 0 Å². The zero-order valence-corrected chi connectivity index (χ0v) is 24.8. The molecule has 0 spiro atoms. The van der Waals surface area contributed by atoms with Crippen LogP contribution in [0, 0.1) is 23.2 Å². The van der Waals surface area contributed by atoms with Gasteiger partial charge in [-0.15, -0.1) is 0 Å². The fourth-order valence-electron chi connectivity index (χ4n) is 7.17. The van der Waals surface area contributed by atoms with Crippen LogP contribution in [0.1, 0.15) is 130 Å². The third kappa shape index (κ3) is 6.00. The van der Waals surface area contributed by atoms with Gasteiger partial charge in [-0.3, -0.25) is 0 Å². The second-order valence-electron chi connectivity index (χ2n) is 12.6. The summed E-state index contributed by atoms with van der Waals surface area (Å²) in [6.45, 7) is 25.6. The van der Waals surface area contributed by atoms with E-state index in [1.807, 2.05) is 26.3 Å². The Morgan fingerprint density at radius 2 is 1.61 bits per heavy atom. The summed E-state index contributed by atoms with van der Waals surface area (Å²) in [5.41, 5.74) is 11.4. The normalized spacial score (nSPS) is 28.8. The van der Waals surface area contributed by atoms with Crippen molar-refractivity contribution in [2.75, 3.05) is 0 Å². The molecule has 0 saturated heterocycles. The maximum atomic E-state index is 4.28. The second-order valence-corrected chi connectivity index (χ2v) is 12.6. The van der Waals surface area contributed by atoms with Gasteiger partial charge in [-0.2, -0.15) is 0 Å². The van der Waals surface area contributed by atoms with Gasteiger partial charge >= 0.3 is 0 Å². The van der Waals surface area contributed by atoms with Crippen LogP contribution in [-0.2, 0) is 0 Å². The van der Waals surface area contributed by atoms with Crippen molar-refractivity contribution in [3.05, 3.63) is 82.5 Å². The fourth-order valence-corrected chi connectivity index (χ4v) is 7.17. The minimum atomic E-state index is 0.551. The van der Waals surface area contributed by atoms with E-state index in [1.54, 1.807) is 16.7 Å². The van der Waals surface area contributed by atoms with E-state index in [4.69, 9.17) is 0 Å². The standard InChI is InChI=1S/C28H36.C6H12.C2H6/c1-18(2)20-8-10-21(11-9-20)25-17-28(4)15-5-6-26(28)24-14-12-22-16-19(3)7-13-23(22)27(24)25;1-5(2)6(3)4;1-2/h8-11,16,18,24-26H,3,5-7,12-15,17H2,1-2,4H3;6H,1H2,2-4H3;1-2H3. The van der Waals surface area contributed by atoms with Crippen molar-refractivity contribution < 1.29 is 0 Å². The fraction of sp³-hybridized carbons (Fsp3) is 0.611. The van der Waals surface area contributed by atoms with Crippen LogP contribution in [0.3, 0.4) is 0 Å². The average Bonchev–Trinajstić information content (AvgIpc) is 3.26. The molecule has 0 radical (unpaired) electrons. The molecule has 5 rings (SSSR count). The van der Waals surface area contributed by atoms with Crippen molar-refractivity contribution in [2.24, 2.45) is 23.2 Å². The highest BCUT2D eigenvalue weighted by atomic mass is 14.6. The van der Waals surface area contributed by atoms with E-state index in [2.05, 4.69) is 78.1 Å². The summed E-state index contributed by atoms with van der Waals surface area (Å²) < 4.78 is 0. The van der Waals surface area contributed by atoms with Gasteiger partial charge < -0.3 is 0 Å². The van der Waals surface area contributed by atoms with Crippen LogP contribution in [0.5, 0.6) is 0 Å². The molecule has 4 unspecified atom stereocenters. The summed E-state index contributed by atoms with van der Waals surface area (Å²) in [5.74, 6) is 3.66. The van der Waals surface area contributed by atoms with Crippen LogP contribution in [0.15, 0.2) is 71.4 Å². The first-order valence-electron chi connectivity index (χ1n) is 15.0. The number of hydrogen-bond donors (Lipinski definition) is 0. The molecule has 0 nitrogen and oxygen atoms in total. The molecule has 4 aliphatic rings. The lowest BCUT2D eigenvalue weighted by molar-refractivity contribution is 0.106. The third-order valence-electron chi connectivity index (χ3n) is 9.62. The van der Waals surface area contributed by atoms with E-state index < -0.39 is 0 Å². The molecule has 1 aromatic carbocycles. The largest absolute Gasteiger partial charge is 0.0999 e. The second kappa shape index (κ2) is 12.1. The van der Waals surface area contributed by atoms with Gasteiger partial charge in [0, 0.05) is 5.92 Å². The predicted octanol–water partition coefficient (Wildman–Crippen LogP) is 11.3. The zero-order chi connectivity index (χ0) is 26.6. The summed E-state index contributed by atoms with van der Waals surface area (Å²) in [6, 6.07) is 9.71. The molecular formula is C36H54. The Bertz CT molecular complexity index is 979. The van der Waals surface area contributed by atoms with Gasteiger partial charge in [0.15, 0.2) is 0 Å². The van der Waals surface area contributed by atoms with Gasteiger partial charge in [0.1, 0.15) is 0 Å².